The first-order chi connectivity index (χ1) is 52.3. The molecule has 620 valence electrons. The van der Waals surface area contributed by atoms with Crippen molar-refractivity contribution in [3.8, 4) is 97.4 Å². The molecular weight excluding hydrogens is 2170 g/mol. The van der Waals surface area contributed by atoms with Crippen LogP contribution in [0.3, 0.4) is 0 Å². The molecule has 12 aromatic rings. The molecule has 0 spiro atoms. The van der Waals surface area contributed by atoms with Crippen molar-refractivity contribution in [3.63, 3.8) is 0 Å². The van der Waals surface area contributed by atoms with Crippen LogP contribution < -0.4 is 4.74 Å². The summed E-state index contributed by atoms with van der Waals surface area (Å²) in [5.74, 6) is 3.96. The van der Waals surface area contributed by atoms with Crippen molar-refractivity contribution >= 4 is 11.8 Å². The summed E-state index contributed by atoms with van der Waals surface area (Å²) in [6.45, 7) is 24.9. The van der Waals surface area contributed by atoms with Crippen LogP contribution in [0.15, 0.2) is 188 Å². The van der Waals surface area contributed by atoms with Crippen molar-refractivity contribution in [1.29, 1.82) is 0 Å². The van der Waals surface area contributed by atoms with E-state index in [2.05, 4.69) is 69.8 Å². The number of carbonyl (C=O) groups excluding carboxylic acids is 2. The van der Waals surface area contributed by atoms with Crippen molar-refractivity contribution < 1.29 is 158 Å². The minimum absolute atomic E-state index is 0. The molecule has 0 aliphatic heterocycles. The molecule has 0 saturated heterocycles. The fourth-order valence-corrected chi connectivity index (χ4v) is 9.67. The number of ether oxygens (including phenoxy) is 2. The van der Waals surface area contributed by atoms with Gasteiger partial charge in [-0.25, -0.2) is 0 Å². The third kappa shape index (κ3) is 37.9. The van der Waals surface area contributed by atoms with Crippen LogP contribution in [0.2, 0.25) is 0 Å². The second-order valence-electron chi connectivity index (χ2n) is 26.2. The second kappa shape index (κ2) is 54.4. The maximum absolute atomic E-state index is 11.4. The number of hydrogen-bond donors (Lipinski definition) is 8. The van der Waals surface area contributed by atoms with Gasteiger partial charge in [0.1, 0.15) is 0 Å². The van der Waals surface area contributed by atoms with Gasteiger partial charge in [-0.15, -0.1) is 129 Å². The van der Waals surface area contributed by atoms with Gasteiger partial charge in [-0.1, -0.05) is 102 Å². The summed E-state index contributed by atoms with van der Waals surface area (Å²) < 4.78 is 32.5. The predicted octanol–water partition coefficient (Wildman–Crippen LogP) is 14.9. The molecule has 4 heterocycles. The van der Waals surface area contributed by atoms with Crippen LogP contribution in [0, 0.1) is 58.9 Å². The number of nitrogens with zero attached hydrogens (tertiary/aromatic N) is 8. The molecular formula is C86H100Ir4N8O16-4. The van der Waals surface area contributed by atoms with E-state index >= 15 is 0 Å². The fraction of sp³-hybridized carbons (Fsp3) is 0.326. The van der Waals surface area contributed by atoms with E-state index in [9.17, 15) is 9.59 Å². The Morgan fingerprint density at radius 1 is 0.360 bits per heavy atom. The summed E-state index contributed by atoms with van der Waals surface area (Å²) in [6, 6.07) is 64.9. The Morgan fingerprint density at radius 2 is 0.693 bits per heavy atom. The van der Waals surface area contributed by atoms with Gasteiger partial charge < -0.3 is 68.0 Å². The summed E-state index contributed by atoms with van der Waals surface area (Å²) in [4.78, 5) is 22.7. The zero-order valence-corrected chi connectivity index (χ0v) is 75.9. The quantitative estimate of drug-likeness (QED) is 0.0212. The maximum Gasteiger partial charge on any atom is 0.294 e. The number of aliphatic hydroxyl groups excluding tert-OH is 8. The molecule has 8 atom stereocenters. The topological polar surface area (TPSA) is 370 Å². The predicted molar refractivity (Wildman–Crippen MR) is 420 cm³/mol. The number of ketones is 1. The molecule has 0 bridgehead atoms. The van der Waals surface area contributed by atoms with Crippen molar-refractivity contribution in [1.82, 2.24) is 40.8 Å². The van der Waals surface area contributed by atoms with E-state index in [0.717, 1.165) is 55.8 Å². The number of aryl methyl sites for hydroxylation is 5. The van der Waals surface area contributed by atoms with Gasteiger partial charge in [0.2, 0.25) is 23.6 Å². The van der Waals surface area contributed by atoms with Crippen LogP contribution in [-0.4, -0.2) is 156 Å². The molecule has 0 aliphatic carbocycles. The average Bonchev–Trinajstić information content (AvgIpc) is 1.62. The maximum atomic E-state index is 11.4. The van der Waals surface area contributed by atoms with Gasteiger partial charge in [0.05, 0.1) is 63.1 Å². The van der Waals surface area contributed by atoms with Crippen LogP contribution in [0.25, 0.3) is 91.6 Å². The van der Waals surface area contributed by atoms with Crippen LogP contribution >= 0.6 is 0 Å². The minimum Gasteiger partial charge on any atom is -0.540 e. The van der Waals surface area contributed by atoms with Gasteiger partial charge in [-0.2, -0.15) is 20.4 Å². The Balaban J connectivity index is 0.000000678. The van der Waals surface area contributed by atoms with Gasteiger partial charge in [0.25, 0.3) is 5.97 Å². The minimum atomic E-state index is -0.436. The molecule has 114 heavy (non-hydrogen) atoms. The number of rotatable bonds is 19. The first-order valence-corrected chi connectivity index (χ1v) is 35.6. The normalized spacial score (nSPS) is 12.2. The smallest absolute Gasteiger partial charge is 0.294 e. The second-order valence-corrected chi connectivity index (χ2v) is 26.2. The molecule has 8 aromatic carbocycles. The molecule has 4 aromatic heterocycles. The van der Waals surface area contributed by atoms with E-state index in [4.69, 9.17) is 63.3 Å². The van der Waals surface area contributed by atoms with Gasteiger partial charge >= 0.3 is 0 Å². The van der Waals surface area contributed by atoms with Crippen LogP contribution in [-0.2, 0) is 85.2 Å². The zero-order chi connectivity index (χ0) is 81.0. The monoisotopic (exact) mass is 2270 g/mol. The standard InChI is InChI=1S/C18H13N2O4.C16H13N2O2.2C16H13N2O.4C5H12O2.4Ir/c1-11(21)12-3-5-13(6-4-12)16-19-20-17(24-16)14-7-9-15(10-8-14)18(22)23-2;1-11-3-5-12(6-4-11)15-17-18-16(20-15)13-7-9-14(19-2)10-8-13;1-11-3-7-13(8-4-11)15-17-18-16(19-15)14-9-5-12(2)6-10-14;1-11-7-3-5-9-13(11)15-17-18-16(19-15)14-10-6-4-8-12(14)2;4*1-4(6)3-5(2)7;;;;/h3-7,9-10H,1-2H3;3-7,9-10H,1-2H3;2*3-9H,1-2H3;4*4-7H,3H2,1-2H3;;;;/q4*-1;;;;;;;;. The summed E-state index contributed by atoms with van der Waals surface area (Å²) >= 11 is 0. The first kappa shape index (κ1) is 104. The largest absolute Gasteiger partial charge is 0.540 e. The summed E-state index contributed by atoms with van der Waals surface area (Å²) in [5, 5.41) is 101. The van der Waals surface area contributed by atoms with E-state index in [1.54, 1.807) is 105 Å². The zero-order valence-electron chi connectivity index (χ0n) is 66.4. The van der Waals surface area contributed by atoms with Gasteiger partial charge in [-0.3, -0.25) is 9.59 Å². The third-order valence-corrected chi connectivity index (χ3v) is 15.1. The Bertz CT molecular complexity index is 4410. The number of aliphatic hydroxyl groups is 8. The Hall–Kier alpha value is -8.46. The number of Topliss-reactive ketones (excluding diaryl/α,β-unsaturated/α-hetero) is 1. The van der Waals surface area contributed by atoms with Crippen molar-refractivity contribution in [2.24, 2.45) is 0 Å². The van der Waals surface area contributed by atoms with Crippen molar-refractivity contribution in [2.75, 3.05) is 14.2 Å². The van der Waals surface area contributed by atoms with E-state index < -0.39 is 5.97 Å². The number of carbonyl (C=O) groups is 2. The van der Waals surface area contributed by atoms with Gasteiger partial charge in [0.15, 0.2) is 29.3 Å². The number of aromatic nitrogens is 8. The van der Waals surface area contributed by atoms with Gasteiger partial charge in [0, 0.05) is 114 Å². The molecule has 8 N–H and O–H groups in total. The van der Waals surface area contributed by atoms with Crippen LogP contribution in [0.1, 0.15) is 137 Å². The van der Waals surface area contributed by atoms with Crippen molar-refractivity contribution in [2.45, 2.75) is 171 Å². The van der Waals surface area contributed by atoms with Crippen molar-refractivity contribution in [3.05, 3.63) is 233 Å². The van der Waals surface area contributed by atoms with E-state index in [0.29, 0.717) is 89.2 Å². The van der Waals surface area contributed by atoms with Crippen LogP contribution in [0.5, 0.6) is 5.75 Å². The Morgan fingerprint density at radius 3 is 1.03 bits per heavy atom. The molecule has 0 fully saturated rings. The van der Waals surface area contributed by atoms with Crippen LogP contribution in [0.4, 0.5) is 0 Å². The Labute approximate surface area is 721 Å². The number of hydrogen-bond acceptors (Lipinski definition) is 24. The number of benzene rings is 8. The van der Waals surface area contributed by atoms with E-state index in [-0.39, 0.29) is 141 Å². The molecule has 28 heteroatoms. The SMILES string of the molecule is CC(O)CC(C)O.CC(O)CC(C)O.CC(O)CC(C)O.CC(O)CC(C)O.COC(=O)c1c[c-]c(-c2nnc(-c3ccc(C(C)=O)cc3)o2)cc1.COc1c[c-]c(-c2nnc(-c3ccc(C)cc3)o2)cc1.Cc1c[c-]c(-c2nnc(-c3ccc(C)cc3)o2)cc1.Cc1ccc[c-]c1-c1nnc(-c2ccccc2C)o1.[Ir].[Ir].[Ir].[Ir]. The van der Waals surface area contributed by atoms with E-state index in [1.165, 1.54) is 31.2 Å². The number of methoxy groups -OCH3 is 2. The number of esters is 1. The third-order valence-electron chi connectivity index (χ3n) is 15.1. The Kier molecular flexibility index (Phi) is 49.4. The molecule has 0 amide bonds. The molecule has 0 aliphatic rings. The molecule has 4 radical (unpaired) electrons. The molecule has 0 saturated carbocycles. The molecule has 24 nitrogen and oxygen atoms in total. The van der Waals surface area contributed by atoms with E-state index in [1.807, 2.05) is 156 Å². The molecule has 8 unspecified atom stereocenters. The summed E-state index contributed by atoms with van der Waals surface area (Å²) in [7, 11) is 2.93. The summed E-state index contributed by atoms with van der Waals surface area (Å²) in [5.41, 5.74) is 13.2. The first-order valence-electron chi connectivity index (χ1n) is 35.6. The average molecular weight is 2270 g/mol. The fourth-order valence-electron chi connectivity index (χ4n) is 9.67. The molecule has 12 rings (SSSR count). The summed E-state index contributed by atoms with van der Waals surface area (Å²) in [6.07, 6.45) is -1.11. The van der Waals surface area contributed by atoms with Gasteiger partial charge in [-0.05, 0) is 162 Å².